The fourth-order valence-corrected chi connectivity index (χ4v) is 1.33. The second-order valence-electron chi connectivity index (χ2n) is 2.87. The summed E-state index contributed by atoms with van der Waals surface area (Å²) >= 11 is 0. The number of aromatic nitrogens is 2. The molecule has 0 aromatic carbocycles. The van der Waals surface area contributed by atoms with E-state index in [2.05, 4.69) is 4.98 Å². The molecule has 1 unspecified atom stereocenters. The molecule has 0 saturated carbocycles. The topological polar surface area (TPSA) is 44.1 Å². The van der Waals surface area contributed by atoms with E-state index >= 15 is 0 Å². The maximum atomic E-state index is 11.6. The molecule has 1 aliphatic rings. The molecule has 12 heavy (non-hydrogen) atoms. The van der Waals surface area contributed by atoms with Gasteiger partial charge in [0.1, 0.15) is 6.33 Å². The Bertz CT molecular complexity index is 263. The van der Waals surface area contributed by atoms with E-state index in [0.717, 1.165) is 6.42 Å². The molecule has 1 aromatic rings. The van der Waals surface area contributed by atoms with Gasteiger partial charge < -0.3 is 4.74 Å². The highest BCUT2D eigenvalue weighted by Gasteiger charge is 2.24. The van der Waals surface area contributed by atoms with Crippen LogP contribution in [-0.4, -0.2) is 28.7 Å². The summed E-state index contributed by atoms with van der Waals surface area (Å²) in [6.07, 6.45) is 5.63. The highest BCUT2D eigenvalue weighted by atomic mass is 16.5. The molecule has 0 aliphatic carbocycles. The van der Waals surface area contributed by atoms with E-state index in [9.17, 15) is 4.79 Å². The third-order valence-corrected chi connectivity index (χ3v) is 2.04. The Hall–Kier alpha value is -1.16. The fourth-order valence-electron chi connectivity index (χ4n) is 1.33. The molecule has 0 N–H and O–H groups in total. The molecule has 4 heteroatoms. The summed E-state index contributed by atoms with van der Waals surface area (Å²) in [5, 5.41) is 0. The van der Waals surface area contributed by atoms with Crippen LogP contribution in [0, 0.1) is 5.92 Å². The number of carbonyl (C=O) groups excluding carboxylic acids is 1. The van der Waals surface area contributed by atoms with E-state index in [-0.39, 0.29) is 11.8 Å². The number of nitrogens with zero attached hydrogens (tertiary/aromatic N) is 2. The first kappa shape index (κ1) is 7.49. The Balaban J connectivity index is 2.09. The van der Waals surface area contributed by atoms with Gasteiger partial charge in [0.05, 0.1) is 12.5 Å². The van der Waals surface area contributed by atoms with E-state index in [1.54, 1.807) is 12.4 Å². The summed E-state index contributed by atoms with van der Waals surface area (Å²) in [6, 6.07) is 0. The SMILES string of the molecule is O=C(C1CCOC1)n1ccnc1. The van der Waals surface area contributed by atoms with E-state index in [4.69, 9.17) is 4.74 Å². The van der Waals surface area contributed by atoms with Crippen LogP contribution in [-0.2, 0) is 4.74 Å². The van der Waals surface area contributed by atoms with Gasteiger partial charge in [-0.1, -0.05) is 0 Å². The summed E-state index contributed by atoms with van der Waals surface area (Å²) in [6.45, 7) is 1.25. The third kappa shape index (κ3) is 1.25. The van der Waals surface area contributed by atoms with E-state index in [1.165, 1.54) is 10.9 Å². The van der Waals surface area contributed by atoms with Gasteiger partial charge in [-0.2, -0.15) is 0 Å². The van der Waals surface area contributed by atoms with Crippen LogP contribution in [0.15, 0.2) is 18.7 Å². The molecule has 1 saturated heterocycles. The molecule has 0 spiro atoms. The minimum atomic E-state index is 0.0270. The van der Waals surface area contributed by atoms with E-state index in [1.807, 2.05) is 0 Å². The average molecular weight is 166 g/mol. The van der Waals surface area contributed by atoms with Crippen molar-refractivity contribution in [2.45, 2.75) is 6.42 Å². The van der Waals surface area contributed by atoms with Gasteiger partial charge in [-0.3, -0.25) is 9.36 Å². The molecule has 1 fully saturated rings. The first-order chi connectivity index (χ1) is 5.88. The lowest BCUT2D eigenvalue weighted by atomic mass is 10.1. The average Bonchev–Trinajstić information content (AvgIpc) is 2.77. The number of rotatable bonds is 1. The molecule has 4 nitrogen and oxygen atoms in total. The van der Waals surface area contributed by atoms with Gasteiger partial charge in [0.15, 0.2) is 0 Å². The van der Waals surface area contributed by atoms with Crippen LogP contribution in [0.4, 0.5) is 0 Å². The van der Waals surface area contributed by atoms with Crippen molar-refractivity contribution in [3.05, 3.63) is 18.7 Å². The number of hydrogen-bond donors (Lipinski definition) is 0. The Kier molecular flexibility index (Phi) is 1.91. The van der Waals surface area contributed by atoms with Gasteiger partial charge in [0.2, 0.25) is 5.91 Å². The third-order valence-electron chi connectivity index (χ3n) is 2.04. The van der Waals surface area contributed by atoms with Gasteiger partial charge >= 0.3 is 0 Å². The summed E-state index contributed by atoms with van der Waals surface area (Å²) in [4.78, 5) is 15.4. The monoisotopic (exact) mass is 166 g/mol. The standard InChI is InChI=1S/C8H10N2O2/c11-8(7-1-4-12-5-7)10-3-2-9-6-10/h2-3,6-7H,1,4-5H2. The van der Waals surface area contributed by atoms with Crippen molar-refractivity contribution in [1.82, 2.24) is 9.55 Å². The lowest BCUT2D eigenvalue weighted by Gasteiger charge is -2.05. The van der Waals surface area contributed by atoms with Gasteiger partial charge in [-0.05, 0) is 6.42 Å². The number of imidazole rings is 1. The quantitative estimate of drug-likeness (QED) is 0.612. The Morgan fingerprint density at radius 3 is 3.17 bits per heavy atom. The van der Waals surface area contributed by atoms with Crippen LogP contribution in [0.25, 0.3) is 0 Å². The summed E-state index contributed by atoms with van der Waals surface area (Å²) < 4.78 is 6.63. The molecule has 2 rings (SSSR count). The molecule has 1 aliphatic heterocycles. The van der Waals surface area contributed by atoms with Crippen LogP contribution in [0.3, 0.4) is 0 Å². The van der Waals surface area contributed by atoms with Crippen molar-refractivity contribution in [2.24, 2.45) is 5.92 Å². The predicted octanol–water partition coefficient (Wildman–Crippen LogP) is 0.560. The molecule has 1 atom stereocenters. The van der Waals surface area contributed by atoms with Gasteiger partial charge in [0.25, 0.3) is 0 Å². The highest BCUT2D eigenvalue weighted by molar-refractivity contribution is 5.81. The maximum absolute atomic E-state index is 11.6. The summed E-state index contributed by atoms with van der Waals surface area (Å²) in [7, 11) is 0. The second-order valence-corrected chi connectivity index (χ2v) is 2.87. The number of ether oxygens (including phenoxy) is 1. The van der Waals surface area contributed by atoms with Crippen molar-refractivity contribution in [1.29, 1.82) is 0 Å². The Morgan fingerprint density at radius 2 is 2.58 bits per heavy atom. The van der Waals surface area contributed by atoms with Gasteiger partial charge in [-0.25, -0.2) is 4.98 Å². The van der Waals surface area contributed by atoms with Crippen LogP contribution < -0.4 is 0 Å². The Labute approximate surface area is 70.2 Å². The fraction of sp³-hybridized carbons (Fsp3) is 0.500. The van der Waals surface area contributed by atoms with Crippen LogP contribution in [0.5, 0.6) is 0 Å². The Morgan fingerprint density at radius 1 is 1.67 bits per heavy atom. The van der Waals surface area contributed by atoms with Crippen molar-refractivity contribution >= 4 is 5.91 Å². The van der Waals surface area contributed by atoms with Crippen molar-refractivity contribution in [3.63, 3.8) is 0 Å². The first-order valence-electron chi connectivity index (χ1n) is 3.98. The molecule has 2 heterocycles. The zero-order valence-corrected chi connectivity index (χ0v) is 6.64. The molecule has 64 valence electrons. The molecule has 0 radical (unpaired) electrons. The first-order valence-corrected chi connectivity index (χ1v) is 3.98. The molecule has 1 aromatic heterocycles. The minimum absolute atomic E-state index is 0.0270. The second kappa shape index (κ2) is 3.06. The van der Waals surface area contributed by atoms with Gasteiger partial charge in [-0.15, -0.1) is 0 Å². The smallest absolute Gasteiger partial charge is 0.237 e. The predicted molar refractivity (Wildman–Crippen MR) is 41.8 cm³/mol. The molecule has 0 amide bonds. The van der Waals surface area contributed by atoms with Crippen molar-refractivity contribution in [3.8, 4) is 0 Å². The number of hydrogen-bond acceptors (Lipinski definition) is 3. The van der Waals surface area contributed by atoms with Crippen LogP contribution in [0.1, 0.15) is 11.2 Å². The lowest BCUT2D eigenvalue weighted by molar-refractivity contribution is 0.0814. The van der Waals surface area contributed by atoms with Gasteiger partial charge in [0, 0.05) is 19.0 Å². The normalized spacial score (nSPS) is 22.8. The molecule has 0 bridgehead atoms. The van der Waals surface area contributed by atoms with E-state index in [0.29, 0.717) is 13.2 Å². The summed E-state index contributed by atoms with van der Waals surface area (Å²) in [5.41, 5.74) is 0. The van der Waals surface area contributed by atoms with Crippen LogP contribution >= 0.6 is 0 Å². The van der Waals surface area contributed by atoms with E-state index < -0.39 is 0 Å². The van der Waals surface area contributed by atoms with Crippen molar-refractivity contribution < 1.29 is 9.53 Å². The zero-order chi connectivity index (χ0) is 8.39. The van der Waals surface area contributed by atoms with Crippen LogP contribution in [0.2, 0.25) is 0 Å². The molecular formula is C8H10N2O2. The zero-order valence-electron chi connectivity index (χ0n) is 6.64. The summed E-state index contributed by atoms with van der Waals surface area (Å²) in [5.74, 6) is 0.115. The minimum Gasteiger partial charge on any atom is -0.381 e. The maximum Gasteiger partial charge on any atom is 0.237 e. The highest BCUT2D eigenvalue weighted by Crippen LogP contribution is 2.14. The number of carbonyl (C=O) groups is 1. The molecular weight excluding hydrogens is 156 g/mol. The lowest BCUT2D eigenvalue weighted by Crippen LogP contribution is -2.20. The largest absolute Gasteiger partial charge is 0.381 e. The van der Waals surface area contributed by atoms with Crippen molar-refractivity contribution in [2.75, 3.05) is 13.2 Å².